The molecule has 3 heteroatoms. The van der Waals surface area contributed by atoms with Gasteiger partial charge in [0.25, 0.3) is 0 Å². The van der Waals surface area contributed by atoms with Crippen molar-refractivity contribution >= 4 is 0 Å². The van der Waals surface area contributed by atoms with Crippen molar-refractivity contribution in [1.82, 2.24) is 15.3 Å². The average Bonchev–Trinajstić information content (AvgIpc) is 3.31. The Bertz CT molecular complexity index is 559. The summed E-state index contributed by atoms with van der Waals surface area (Å²) >= 11 is 0. The second-order valence-corrected chi connectivity index (χ2v) is 5.46. The van der Waals surface area contributed by atoms with Crippen molar-refractivity contribution in [2.24, 2.45) is 0 Å². The van der Waals surface area contributed by atoms with E-state index in [-0.39, 0.29) is 0 Å². The third kappa shape index (κ3) is 3.42. The molecule has 1 saturated carbocycles. The predicted octanol–water partition coefficient (Wildman–Crippen LogP) is 3.35. The molecule has 0 spiro atoms. The maximum absolute atomic E-state index is 4.64. The van der Waals surface area contributed by atoms with Crippen LogP contribution in [0.25, 0.3) is 11.3 Å². The highest BCUT2D eigenvalue weighted by atomic mass is 15.0. The van der Waals surface area contributed by atoms with Crippen molar-refractivity contribution in [1.29, 1.82) is 0 Å². The molecule has 0 bridgehead atoms. The van der Waals surface area contributed by atoms with Crippen molar-refractivity contribution in [3.63, 3.8) is 0 Å². The molecule has 0 radical (unpaired) electrons. The summed E-state index contributed by atoms with van der Waals surface area (Å²) in [6.45, 7) is 2.98. The van der Waals surface area contributed by atoms with Crippen LogP contribution in [0, 0.1) is 0 Å². The summed E-state index contributed by atoms with van der Waals surface area (Å²) in [5.74, 6) is 0.882. The van der Waals surface area contributed by atoms with Gasteiger partial charge in [0.15, 0.2) is 0 Å². The van der Waals surface area contributed by atoms with Crippen molar-refractivity contribution in [2.75, 3.05) is 0 Å². The molecular weight excluding hydrogens is 246 g/mol. The molecule has 0 saturated heterocycles. The summed E-state index contributed by atoms with van der Waals surface area (Å²) in [5, 5.41) is 3.45. The number of hydrogen-bond acceptors (Lipinski definition) is 3. The lowest BCUT2D eigenvalue weighted by molar-refractivity contribution is 0.658. The van der Waals surface area contributed by atoms with Crippen LogP contribution in [0.2, 0.25) is 0 Å². The van der Waals surface area contributed by atoms with E-state index >= 15 is 0 Å². The second kappa shape index (κ2) is 6.14. The van der Waals surface area contributed by atoms with Gasteiger partial charge in [-0.3, -0.25) is 0 Å². The zero-order chi connectivity index (χ0) is 13.8. The van der Waals surface area contributed by atoms with Crippen LogP contribution in [0.4, 0.5) is 0 Å². The topological polar surface area (TPSA) is 37.8 Å². The molecule has 104 valence electrons. The van der Waals surface area contributed by atoms with Gasteiger partial charge >= 0.3 is 0 Å². The number of benzene rings is 1. The molecule has 2 aromatic rings. The number of rotatable bonds is 6. The Balaban J connectivity index is 1.72. The number of aryl methyl sites for hydroxylation is 1. The molecule has 1 N–H and O–H groups in total. The van der Waals surface area contributed by atoms with E-state index in [9.17, 15) is 0 Å². The first-order valence-corrected chi connectivity index (χ1v) is 7.50. The highest BCUT2D eigenvalue weighted by Gasteiger charge is 2.20. The van der Waals surface area contributed by atoms with Crippen LogP contribution in [0.5, 0.6) is 0 Å². The Morgan fingerprint density at radius 3 is 2.65 bits per heavy atom. The summed E-state index contributed by atoms with van der Waals surface area (Å²) in [6, 6.07) is 11.4. The van der Waals surface area contributed by atoms with Gasteiger partial charge in [0.1, 0.15) is 5.82 Å². The number of aromatic nitrogens is 2. The number of hydrogen-bond donors (Lipinski definition) is 1. The van der Waals surface area contributed by atoms with Crippen LogP contribution in [0.1, 0.15) is 37.6 Å². The molecule has 1 aromatic carbocycles. The average molecular weight is 267 g/mol. The first-order chi connectivity index (χ1) is 9.85. The smallest absolute Gasteiger partial charge is 0.142 e. The first-order valence-electron chi connectivity index (χ1n) is 7.50. The van der Waals surface area contributed by atoms with Gasteiger partial charge in [-0.05, 0) is 30.9 Å². The molecule has 1 aromatic heterocycles. The minimum Gasteiger partial charge on any atom is -0.307 e. The Morgan fingerprint density at radius 2 is 1.95 bits per heavy atom. The molecule has 1 heterocycles. The lowest BCUT2D eigenvalue weighted by Crippen LogP contribution is -2.17. The Kier molecular flexibility index (Phi) is 4.07. The van der Waals surface area contributed by atoms with Crippen LogP contribution in [-0.2, 0) is 13.0 Å². The predicted molar refractivity (Wildman–Crippen MR) is 81.3 cm³/mol. The van der Waals surface area contributed by atoms with E-state index in [1.807, 2.05) is 12.3 Å². The van der Waals surface area contributed by atoms with Gasteiger partial charge in [-0.25, -0.2) is 9.97 Å². The largest absolute Gasteiger partial charge is 0.307 e. The normalized spacial score (nSPS) is 14.4. The zero-order valence-corrected chi connectivity index (χ0v) is 12.0. The van der Waals surface area contributed by atoms with Gasteiger partial charge < -0.3 is 5.32 Å². The van der Waals surface area contributed by atoms with Gasteiger partial charge in [0.05, 0.1) is 12.2 Å². The maximum atomic E-state index is 4.64. The fourth-order valence-electron chi connectivity index (χ4n) is 2.30. The van der Waals surface area contributed by atoms with Crippen molar-refractivity contribution in [2.45, 2.75) is 45.2 Å². The van der Waals surface area contributed by atoms with Crippen LogP contribution < -0.4 is 5.32 Å². The monoisotopic (exact) mass is 267 g/mol. The van der Waals surface area contributed by atoms with E-state index < -0.39 is 0 Å². The highest BCUT2D eigenvalue weighted by Crippen LogP contribution is 2.20. The molecule has 3 nitrogen and oxygen atoms in total. The Labute approximate surface area is 120 Å². The minimum atomic E-state index is 0.690. The molecule has 20 heavy (non-hydrogen) atoms. The Hall–Kier alpha value is -1.74. The number of nitrogens with one attached hydrogen (secondary N) is 1. The van der Waals surface area contributed by atoms with Gasteiger partial charge in [-0.1, -0.05) is 37.6 Å². The van der Waals surface area contributed by atoms with Crippen molar-refractivity contribution < 1.29 is 0 Å². The fraction of sp³-hybridized carbons (Fsp3) is 0.412. The lowest BCUT2D eigenvalue weighted by atomic mass is 10.1. The summed E-state index contributed by atoms with van der Waals surface area (Å²) in [6.07, 6.45) is 6.76. The van der Waals surface area contributed by atoms with Crippen molar-refractivity contribution in [3.8, 4) is 11.3 Å². The summed E-state index contributed by atoms with van der Waals surface area (Å²) in [5.41, 5.74) is 3.57. The third-order valence-corrected chi connectivity index (χ3v) is 3.62. The zero-order valence-electron chi connectivity index (χ0n) is 12.0. The van der Waals surface area contributed by atoms with Crippen molar-refractivity contribution in [3.05, 3.63) is 47.9 Å². The van der Waals surface area contributed by atoms with E-state index in [1.165, 1.54) is 30.4 Å². The van der Waals surface area contributed by atoms with Gasteiger partial charge in [0, 0.05) is 17.8 Å². The minimum absolute atomic E-state index is 0.690. The SMILES string of the molecule is CCCc1ccc(-c2ccnc(CNC3CC3)n2)cc1. The molecule has 0 unspecified atom stereocenters. The molecular formula is C17H21N3. The molecule has 0 atom stereocenters. The molecule has 0 aliphatic heterocycles. The van der Waals surface area contributed by atoms with Gasteiger partial charge in [-0.15, -0.1) is 0 Å². The van der Waals surface area contributed by atoms with E-state index in [0.29, 0.717) is 6.04 Å². The fourth-order valence-corrected chi connectivity index (χ4v) is 2.30. The van der Waals surface area contributed by atoms with Crippen LogP contribution >= 0.6 is 0 Å². The van der Waals surface area contributed by atoms with Crippen LogP contribution in [0.15, 0.2) is 36.5 Å². The van der Waals surface area contributed by atoms with E-state index in [1.54, 1.807) is 0 Å². The Morgan fingerprint density at radius 1 is 1.15 bits per heavy atom. The van der Waals surface area contributed by atoms with Gasteiger partial charge in [-0.2, -0.15) is 0 Å². The molecule has 0 amide bonds. The maximum Gasteiger partial charge on any atom is 0.142 e. The molecule has 1 aliphatic carbocycles. The van der Waals surface area contributed by atoms with Crippen LogP contribution in [0.3, 0.4) is 0 Å². The molecule has 1 fully saturated rings. The van der Waals surface area contributed by atoms with E-state index in [0.717, 1.165) is 24.5 Å². The standard InChI is InChI=1S/C17H21N3/c1-2-3-13-4-6-14(7-5-13)16-10-11-18-17(20-16)12-19-15-8-9-15/h4-7,10-11,15,19H,2-3,8-9,12H2,1H3. The third-order valence-electron chi connectivity index (χ3n) is 3.62. The molecule has 3 rings (SSSR count). The van der Waals surface area contributed by atoms with E-state index in [4.69, 9.17) is 0 Å². The van der Waals surface area contributed by atoms with Gasteiger partial charge in [0.2, 0.25) is 0 Å². The highest BCUT2D eigenvalue weighted by molar-refractivity contribution is 5.58. The number of nitrogens with zero attached hydrogens (tertiary/aromatic N) is 2. The lowest BCUT2D eigenvalue weighted by Gasteiger charge is -2.06. The van der Waals surface area contributed by atoms with E-state index in [2.05, 4.69) is 46.5 Å². The summed E-state index contributed by atoms with van der Waals surface area (Å²) in [7, 11) is 0. The first kappa shape index (κ1) is 13.3. The summed E-state index contributed by atoms with van der Waals surface area (Å²) < 4.78 is 0. The summed E-state index contributed by atoms with van der Waals surface area (Å²) in [4.78, 5) is 8.98. The van der Waals surface area contributed by atoms with Crippen LogP contribution in [-0.4, -0.2) is 16.0 Å². The quantitative estimate of drug-likeness (QED) is 0.872. The second-order valence-electron chi connectivity index (χ2n) is 5.46. The molecule has 1 aliphatic rings.